The van der Waals surface area contributed by atoms with Crippen molar-refractivity contribution in [2.75, 3.05) is 10.6 Å². The average Bonchev–Trinajstić information content (AvgIpc) is 3.09. The number of furan rings is 1. The molecule has 0 unspecified atom stereocenters. The number of pyridine rings is 1. The molecular formula is C17H14BrN3O2. The summed E-state index contributed by atoms with van der Waals surface area (Å²) in [6.45, 7) is 0.544. The normalized spacial score (nSPS) is 10.3. The van der Waals surface area contributed by atoms with Crippen LogP contribution in [0.25, 0.3) is 0 Å². The molecule has 1 aromatic carbocycles. The minimum Gasteiger partial charge on any atom is -0.467 e. The van der Waals surface area contributed by atoms with E-state index >= 15 is 0 Å². The number of nitrogens with zero attached hydrogens (tertiary/aromatic N) is 1. The van der Waals surface area contributed by atoms with Crippen LogP contribution in [0.3, 0.4) is 0 Å². The van der Waals surface area contributed by atoms with E-state index in [0.29, 0.717) is 17.9 Å². The molecule has 2 aromatic heterocycles. The summed E-state index contributed by atoms with van der Waals surface area (Å²) in [6, 6.07) is 14.7. The number of hydrogen-bond donors (Lipinski definition) is 2. The van der Waals surface area contributed by atoms with Crippen LogP contribution < -0.4 is 10.6 Å². The third-order valence-electron chi connectivity index (χ3n) is 3.17. The van der Waals surface area contributed by atoms with E-state index in [1.807, 2.05) is 36.4 Å². The molecule has 6 heteroatoms. The number of nitrogens with one attached hydrogen (secondary N) is 2. The lowest BCUT2D eigenvalue weighted by Gasteiger charge is -2.08. The fourth-order valence-corrected chi connectivity index (χ4v) is 2.36. The lowest BCUT2D eigenvalue weighted by Crippen LogP contribution is -2.12. The van der Waals surface area contributed by atoms with Gasteiger partial charge in [-0.15, -0.1) is 0 Å². The molecule has 23 heavy (non-hydrogen) atoms. The Hall–Kier alpha value is -2.60. The number of carbonyl (C=O) groups is 1. The van der Waals surface area contributed by atoms with Crippen molar-refractivity contribution in [1.82, 2.24) is 4.98 Å². The van der Waals surface area contributed by atoms with Gasteiger partial charge in [0, 0.05) is 10.7 Å². The first-order valence-electron chi connectivity index (χ1n) is 7.00. The molecule has 0 fully saturated rings. The minimum absolute atomic E-state index is 0.206. The maximum absolute atomic E-state index is 12.2. The molecule has 0 spiro atoms. The molecule has 116 valence electrons. The van der Waals surface area contributed by atoms with Crippen molar-refractivity contribution in [3.05, 3.63) is 76.8 Å². The first-order valence-corrected chi connectivity index (χ1v) is 7.80. The van der Waals surface area contributed by atoms with Crippen LogP contribution in [-0.4, -0.2) is 10.9 Å². The van der Waals surface area contributed by atoms with Gasteiger partial charge in [-0.3, -0.25) is 4.79 Å². The Labute approximate surface area is 141 Å². The highest BCUT2D eigenvalue weighted by Crippen LogP contribution is 2.21. The Morgan fingerprint density at radius 3 is 2.70 bits per heavy atom. The summed E-state index contributed by atoms with van der Waals surface area (Å²) >= 11 is 3.40. The van der Waals surface area contributed by atoms with Gasteiger partial charge in [0.15, 0.2) is 0 Å². The highest BCUT2D eigenvalue weighted by Gasteiger charge is 2.08. The zero-order chi connectivity index (χ0) is 16.1. The highest BCUT2D eigenvalue weighted by atomic mass is 79.9. The molecule has 0 saturated carbocycles. The van der Waals surface area contributed by atoms with E-state index in [0.717, 1.165) is 15.9 Å². The van der Waals surface area contributed by atoms with Gasteiger partial charge in [-0.05, 0) is 52.3 Å². The lowest BCUT2D eigenvalue weighted by molar-refractivity contribution is 0.102. The number of anilines is 2. The molecule has 0 bridgehead atoms. The first-order chi connectivity index (χ1) is 11.2. The van der Waals surface area contributed by atoms with Gasteiger partial charge in [0.05, 0.1) is 24.1 Å². The Bertz CT molecular complexity index is 786. The summed E-state index contributed by atoms with van der Waals surface area (Å²) in [5.41, 5.74) is 1.21. The molecule has 0 aliphatic carbocycles. The van der Waals surface area contributed by atoms with Crippen molar-refractivity contribution in [2.24, 2.45) is 0 Å². The van der Waals surface area contributed by atoms with Crippen molar-refractivity contribution < 1.29 is 9.21 Å². The summed E-state index contributed by atoms with van der Waals surface area (Å²) in [5, 5.41) is 5.97. The van der Waals surface area contributed by atoms with E-state index in [2.05, 4.69) is 31.5 Å². The number of aromatic nitrogens is 1. The van der Waals surface area contributed by atoms with Crippen LogP contribution in [0.5, 0.6) is 0 Å². The largest absolute Gasteiger partial charge is 0.467 e. The van der Waals surface area contributed by atoms with Crippen molar-refractivity contribution in [2.45, 2.75) is 6.54 Å². The SMILES string of the molecule is O=C(Nc1ccccc1Br)c1ccc(NCc2ccco2)nc1. The molecule has 1 amide bonds. The molecule has 2 heterocycles. The fraction of sp³-hybridized carbons (Fsp3) is 0.0588. The zero-order valence-corrected chi connectivity index (χ0v) is 13.7. The number of para-hydroxylation sites is 1. The smallest absolute Gasteiger partial charge is 0.257 e. The monoisotopic (exact) mass is 371 g/mol. The van der Waals surface area contributed by atoms with Gasteiger partial charge >= 0.3 is 0 Å². The Morgan fingerprint density at radius 2 is 2.00 bits per heavy atom. The predicted molar refractivity (Wildman–Crippen MR) is 92.4 cm³/mol. The zero-order valence-electron chi connectivity index (χ0n) is 12.1. The second-order valence-corrected chi connectivity index (χ2v) is 5.65. The number of carbonyl (C=O) groups excluding carboxylic acids is 1. The third-order valence-corrected chi connectivity index (χ3v) is 3.86. The van der Waals surface area contributed by atoms with Crippen LogP contribution in [-0.2, 0) is 6.54 Å². The molecular weight excluding hydrogens is 358 g/mol. The molecule has 0 radical (unpaired) electrons. The quantitative estimate of drug-likeness (QED) is 0.701. The molecule has 0 aliphatic rings. The molecule has 3 rings (SSSR count). The molecule has 2 N–H and O–H groups in total. The van der Waals surface area contributed by atoms with Crippen LogP contribution in [0.15, 0.2) is 69.9 Å². The Balaban J connectivity index is 1.62. The maximum atomic E-state index is 12.2. The van der Waals surface area contributed by atoms with Gasteiger partial charge in [-0.2, -0.15) is 0 Å². The Kier molecular flexibility index (Phi) is 4.73. The van der Waals surface area contributed by atoms with Crippen molar-refractivity contribution in [1.29, 1.82) is 0 Å². The molecule has 5 nitrogen and oxygen atoms in total. The number of halogens is 1. The molecule has 0 saturated heterocycles. The van der Waals surface area contributed by atoms with Crippen LogP contribution in [0, 0.1) is 0 Å². The van der Waals surface area contributed by atoms with Crippen molar-refractivity contribution >= 4 is 33.3 Å². The van der Waals surface area contributed by atoms with Gasteiger partial charge in [-0.1, -0.05) is 12.1 Å². The van der Waals surface area contributed by atoms with E-state index in [-0.39, 0.29) is 5.91 Å². The minimum atomic E-state index is -0.206. The van der Waals surface area contributed by atoms with E-state index < -0.39 is 0 Å². The first kappa shape index (κ1) is 15.3. The number of hydrogen-bond acceptors (Lipinski definition) is 4. The van der Waals surface area contributed by atoms with Crippen LogP contribution >= 0.6 is 15.9 Å². The predicted octanol–water partition coefficient (Wildman–Crippen LogP) is 4.30. The van der Waals surface area contributed by atoms with E-state index in [1.54, 1.807) is 18.4 Å². The summed E-state index contributed by atoms with van der Waals surface area (Å²) in [6.07, 6.45) is 3.16. The third kappa shape index (κ3) is 3.98. The topological polar surface area (TPSA) is 67.2 Å². The van der Waals surface area contributed by atoms with Gasteiger partial charge in [-0.25, -0.2) is 4.98 Å². The van der Waals surface area contributed by atoms with E-state index in [9.17, 15) is 4.79 Å². The van der Waals surface area contributed by atoms with Gasteiger partial charge in [0.1, 0.15) is 11.6 Å². The van der Waals surface area contributed by atoms with Crippen LogP contribution in [0.1, 0.15) is 16.1 Å². The average molecular weight is 372 g/mol. The summed E-state index contributed by atoms with van der Waals surface area (Å²) in [4.78, 5) is 16.5. The van der Waals surface area contributed by atoms with E-state index in [1.165, 1.54) is 6.20 Å². The fourth-order valence-electron chi connectivity index (χ4n) is 1.98. The number of rotatable bonds is 5. The maximum Gasteiger partial charge on any atom is 0.257 e. The van der Waals surface area contributed by atoms with E-state index in [4.69, 9.17) is 4.42 Å². The summed E-state index contributed by atoms with van der Waals surface area (Å²) < 4.78 is 6.07. The lowest BCUT2D eigenvalue weighted by atomic mass is 10.2. The number of benzene rings is 1. The van der Waals surface area contributed by atoms with Gasteiger partial charge < -0.3 is 15.1 Å². The Morgan fingerprint density at radius 1 is 1.13 bits per heavy atom. The van der Waals surface area contributed by atoms with Gasteiger partial charge in [0.25, 0.3) is 5.91 Å². The second-order valence-electron chi connectivity index (χ2n) is 4.80. The second kappa shape index (κ2) is 7.11. The van der Waals surface area contributed by atoms with Gasteiger partial charge in [0.2, 0.25) is 0 Å². The summed E-state index contributed by atoms with van der Waals surface area (Å²) in [7, 11) is 0. The summed E-state index contributed by atoms with van der Waals surface area (Å²) in [5.74, 6) is 1.29. The highest BCUT2D eigenvalue weighted by molar-refractivity contribution is 9.10. The molecule has 3 aromatic rings. The molecule has 0 aliphatic heterocycles. The van der Waals surface area contributed by atoms with Crippen molar-refractivity contribution in [3.8, 4) is 0 Å². The van der Waals surface area contributed by atoms with Crippen LogP contribution in [0.2, 0.25) is 0 Å². The number of amides is 1. The van der Waals surface area contributed by atoms with Crippen molar-refractivity contribution in [3.63, 3.8) is 0 Å². The van der Waals surface area contributed by atoms with Crippen LogP contribution in [0.4, 0.5) is 11.5 Å². The standard InChI is InChI=1S/C17H14BrN3O2/c18-14-5-1-2-6-15(14)21-17(22)12-7-8-16(19-10-12)20-11-13-4-3-9-23-13/h1-10H,11H2,(H,19,20)(H,21,22). The molecule has 0 atom stereocenters.